The van der Waals surface area contributed by atoms with Crippen molar-refractivity contribution >= 4 is 17.5 Å². The Kier molecular flexibility index (Phi) is 4.84. The van der Waals surface area contributed by atoms with Gasteiger partial charge in [-0.25, -0.2) is 0 Å². The lowest BCUT2D eigenvalue weighted by Gasteiger charge is -2.69. The quantitative estimate of drug-likeness (QED) is 0.669. The van der Waals surface area contributed by atoms with E-state index in [9.17, 15) is 18.0 Å². The van der Waals surface area contributed by atoms with Crippen molar-refractivity contribution in [2.45, 2.75) is 61.6 Å². The highest BCUT2D eigenvalue weighted by Crippen LogP contribution is 2.68. The number of alkyl halides is 3. The molecule has 31 heavy (non-hydrogen) atoms. The molecule has 4 aliphatic rings. The zero-order valence-electron chi connectivity index (χ0n) is 16.4. The van der Waals surface area contributed by atoms with Gasteiger partial charge in [-0.1, -0.05) is 28.9 Å². The van der Waals surface area contributed by atoms with Gasteiger partial charge in [0.25, 0.3) is 0 Å². The molecule has 4 aliphatic carbocycles. The number of carbonyl (C=O) groups is 1. The fourth-order valence-corrected chi connectivity index (χ4v) is 5.05. The predicted octanol–water partition coefficient (Wildman–Crippen LogP) is 4.37. The van der Waals surface area contributed by atoms with Gasteiger partial charge in [-0.3, -0.25) is 9.53 Å². The Morgan fingerprint density at radius 1 is 1.19 bits per heavy atom. The van der Waals surface area contributed by atoms with Crippen molar-refractivity contribution in [3.05, 3.63) is 41.1 Å². The summed E-state index contributed by atoms with van der Waals surface area (Å²) < 4.78 is 51.2. The molecule has 1 amide bonds. The topological polar surface area (TPSA) is 73.6 Å². The maximum absolute atomic E-state index is 12.2. The SMILES string of the molecule is O=C(COC1CC(OC(F)(F)F)C1)NC12CC(c3cc(-c4ccc(Cl)cc4)no3)(C1)C2. The smallest absolute Gasteiger partial charge is 0.368 e. The van der Waals surface area contributed by atoms with Crippen LogP contribution in [0.5, 0.6) is 0 Å². The lowest BCUT2D eigenvalue weighted by atomic mass is 9.38. The van der Waals surface area contributed by atoms with Gasteiger partial charge in [0.15, 0.2) is 0 Å². The minimum atomic E-state index is -4.63. The maximum atomic E-state index is 12.2. The van der Waals surface area contributed by atoms with E-state index in [4.69, 9.17) is 20.9 Å². The third-order valence-corrected chi connectivity index (χ3v) is 6.66. The summed E-state index contributed by atoms with van der Waals surface area (Å²) in [7, 11) is 0. The van der Waals surface area contributed by atoms with Gasteiger partial charge in [-0.2, -0.15) is 0 Å². The second kappa shape index (κ2) is 7.21. The first-order valence-electron chi connectivity index (χ1n) is 10.0. The van der Waals surface area contributed by atoms with Gasteiger partial charge in [0.1, 0.15) is 18.1 Å². The van der Waals surface area contributed by atoms with Crippen molar-refractivity contribution in [3.63, 3.8) is 0 Å². The average Bonchev–Trinajstić information content (AvgIpc) is 3.08. The van der Waals surface area contributed by atoms with Crippen LogP contribution >= 0.6 is 11.6 Å². The van der Waals surface area contributed by atoms with E-state index in [-0.39, 0.29) is 42.4 Å². The van der Waals surface area contributed by atoms with Gasteiger partial charge in [0.2, 0.25) is 5.91 Å². The minimum absolute atomic E-state index is 0.0953. The van der Waals surface area contributed by atoms with Gasteiger partial charge >= 0.3 is 6.36 Å². The molecule has 0 radical (unpaired) electrons. The van der Waals surface area contributed by atoms with Gasteiger partial charge in [-0.05, 0) is 31.4 Å². The summed E-state index contributed by atoms with van der Waals surface area (Å²) in [5.74, 6) is 0.558. The van der Waals surface area contributed by atoms with Crippen LogP contribution in [0.15, 0.2) is 34.9 Å². The Bertz CT molecular complexity index is 965. The van der Waals surface area contributed by atoms with Crippen LogP contribution in [0.2, 0.25) is 5.02 Å². The van der Waals surface area contributed by atoms with Crippen molar-refractivity contribution in [3.8, 4) is 11.3 Å². The second-order valence-electron chi connectivity index (χ2n) is 8.81. The molecule has 1 heterocycles. The number of benzene rings is 1. The third kappa shape index (κ3) is 4.06. The van der Waals surface area contributed by atoms with Crippen molar-refractivity contribution in [2.75, 3.05) is 6.61 Å². The molecule has 0 spiro atoms. The fraction of sp³-hybridized carbons (Fsp3) is 0.524. The van der Waals surface area contributed by atoms with E-state index in [1.165, 1.54) is 0 Å². The van der Waals surface area contributed by atoms with E-state index in [1.54, 1.807) is 12.1 Å². The second-order valence-corrected chi connectivity index (χ2v) is 9.25. The minimum Gasteiger partial charge on any atom is -0.368 e. The summed E-state index contributed by atoms with van der Waals surface area (Å²) in [6.45, 7) is -0.165. The fourth-order valence-electron chi connectivity index (χ4n) is 4.93. The summed E-state index contributed by atoms with van der Waals surface area (Å²) in [5.41, 5.74) is 1.32. The van der Waals surface area contributed by atoms with Crippen LogP contribution in [0.3, 0.4) is 0 Å². The van der Waals surface area contributed by atoms with Crippen LogP contribution in [0.1, 0.15) is 37.9 Å². The molecule has 4 fully saturated rings. The Morgan fingerprint density at radius 3 is 2.52 bits per heavy atom. The molecular weight excluding hydrogens is 437 g/mol. The molecule has 0 saturated heterocycles. The van der Waals surface area contributed by atoms with Crippen LogP contribution in [0.4, 0.5) is 13.2 Å². The number of hydrogen-bond acceptors (Lipinski definition) is 5. The van der Waals surface area contributed by atoms with Gasteiger partial charge in [0, 0.05) is 40.4 Å². The zero-order chi connectivity index (χ0) is 21.9. The number of nitrogens with zero attached hydrogens (tertiary/aromatic N) is 1. The summed E-state index contributed by atoms with van der Waals surface area (Å²) in [6, 6.07) is 9.30. The number of ether oxygens (including phenoxy) is 2. The number of carbonyl (C=O) groups excluding carboxylic acids is 1. The first-order valence-corrected chi connectivity index (χ1v) is 10.4. The van der Waals surface area contributed by atoms with Crippen LogP contribution in [-0.2, 0) is 19.7 Å². The van der Waals surface area contributed by atoms with E-state index < -0.39 is 12.5 Å². The van der Waals surface area contributed by atoms with E-state index >= 15 is 0 Å². The number of rotatable bonds is 7. The van der Waals surface area contributed by atoms with Gasteiger partial charge in [-0.15, -0.1) is 13.2 Å². The number of nitrogens with one attached hydrogen (secondary N) is 1. The Balaban J connectivity index is 1.06. The first-order chi connectivity index (χ1) is 14.6. The molecule has 6 nitrogen and oxygen atoms in total. The van der Waals surface area contributed by atoms with Gasteiger partial charge < -0.3 is 14.6 Å². The highest BCUT2D eigenvalue weighted by molar-refractivity contribution is 6.30. The lowest BCUT2D eigenvalue weighted by molar-refractivity contribution is -0.357. The number of aromatic nitrogens is 1. The zero-order valence-corrected chi connectivity index (χ0v) is 17.1. The van der Waals surface area contributed by atoms with Crippen LogP contribution in [0, 0.1) is 0 Å². The molecule has 2 aromatic rings. The molecule has 1 aromatic carbocycles. The average molecular weight is 457 g/mol. The highest BCUT2D eigenvalue weighted by Gasteiger charge is 2.71. The van der Waals surface area contributed by atoms with Crippen molar-refractivity contribution in [2.24, 2.45) is 0 Å². The Morgan fingerprint density at radius 2 is 1.87 bits per heavy atom. The van der Waals surface area contributed by atoms with Crippen molar-refractivity contribution in [1.29, 1.82) is 0 Å². The summed E-state index contributed by atoms with van der Waals surface area (Å²) in [5, 5.41) is 7.81. The number of amides is 1. The standard InChI is InChI=1S/C21H20ClF3N2O4/c22-13-3-1-12(2-4-13)16-7-17(31-27-16)19-9-20(10-19,11-19)26-18(28)8-29-14-5-15(6-14)30-21(23,24)25/h1-4,7,14-15H,5-6,8-11H2,(H,26,28). The van der Waals surface area contributed by atoms with Crippen LogP contribution in [0.25, 0.3) is 11.3 Å². The van der Waals surface area contributed by atoms with E-state index in [0.29, 0.717) is 5.02 Å². The molecular formula is C21H20ClF3N2O4. The molecule has 4 saturated carbocycles. The molecule has 0 unspecified atom stereocenters. The predicted molar refractivity (Wildman–Crippen MR) is 103 cm³/mol. The maximum Gasteiger partial charge on any atom is 0.522 e. The lowest BCUT2D eigenvalue weighted by Crippen LogP contribution is -2.76. The van der Waals surface area contributed by atoms with E-state index in [2.05, 4.69) is 15.2 Å². The monoisotopic (exact) mass is 456 g/mol. The molecule has 0 atom stereocenters. The first kappa shape index (κ1) is 20.8. The van der Waals surface area contributed by atoms with Crippen molar-refractivity contribution in [1.82, 2.24) is 10.5 Å². The Hall–Kier alpha value is -2.10. The van der Waals surface area contributed by atoms with E-state index in [0.717, 1.165) is 36.3 Å². The third-order valence-electron chi connectivity index (χ3n) is 6.41. The summed E-state index contributed by atoms with van der Waals surface area (Å²) >= 11 is 5.92. The number of halogens is 4. The largest absolute Gasteiger partial charge is 0.522 e. The normalized spacial score (nSPS) is 31.4. The van der Waals surface area contributed by atoms with Crippen molar-refractivity contribution < 1.29 is 32.0 Å². The highest BCUT2D eigenvalue weighted by atomic mass is 35.5. The Labute approximate surface area is 181 Å². The number of hydrogen-bond donors (Lipinski definition) is 1. The molecule has 2 bridgehead atoms. The molecule has 1 aromatic heterocycles. The molecule has 1 N–H and O–H groups in total. The molecule has 166 valence electrons. The molecule has 10 heteroatoms. The summed E-state index contributed by atoms with van der Waals surface area (Å²) in [4.78, 5) is 12.2. The molecule has 6 rings (SSSR count). The van der Waals surface area contributed by atoms with E-state index in [1.807, 2.05) is 18.2 Å². The van der Waals surface area contributed by atoms with Gasteiger partial charge in [0.05, 0.1) is 12.2 Å². The molecule has 0 aliphatic heterocycles. The summed E-state index contributed by atoms with van der Waals surface area (Å²) in [6.07, 6.45) is -3.30. The van der Waals surface area contributed by atoms with Crippen LogP contribution in [-0.4, -0.2) is 41.8 Å². The van der Waals surface area contributed by atoms with Crippen LogP contribution < -0.4 is 5.32 Å².